The lowest BCUT2D eigenvalue weighted by Gasteiger charge is -2.38. The number of hydrogen-bond acceptors (Lipinski definition) is 4. The molecule has 0 bridgehead atoms. The van der Waals surface area contributed by atoms with E-state index in [1.807, 2.05) is 48.5 Å². The van der Waals surface area contributed by atoms with Gasteiger partial charge in [0.15, 0.2) is 0 Å². The third-order valence-corrected chi connectivity index (χ3v) is 7.36. The smallest absolute Gasteiger partial charge is 0.213 e. The van der Waals surface area contributed by atoms with Gasteiger partial charge < -0.3 is 9.47 Å². The molecule has 2 atom stereocenters. The molecule has 2 aliphatic rings. The molecule has 0 saturated heterocycles. The number of hydrogen-bond donors (Lipinski definition) is 0. The molecule has 0 radical (unpaired) electrons. The molecule has 2 aliphatic heterocycles. The fourth-order valence-electron chi connectivity index (χ4n) is 4.72. The topological polar surface area (TPSA) is 34.1 Å². The molecule has 3 aromatic rings. The number of unbranched alkanes of at least 4 members (excludes halogenated alkanes) is 4. The van der Waals surface area contributed by atoms with Gasteiger partial charge in [0.25, 0.3) is 0 Å². The fraction of sp³-hybridized carbons (Fsp3) is 0.345. The number of hydrazone groups is 1. The Morgan fingerprint density at radius 3 is 2.54 bits per heavy atom. The van der Waals surface area contributed by atoms with E-state index in [0.29, 0.717) is 0 Å². The SMILES string of the molecule is CCCCCCCOc1ccc([C@@H]2Oc3ccc(Br)cc3[C@@H]3CC(c4ccc(Cl)cc4)=NN32)cc1. The van der Waals surface area contributed by atoms with E-state index in [2.05, 4.69) is 46.1 Å². The second kappa shape index (κ2) is 11.0. The minimum atomic E-state index is -0.304. The van der Waals surface area contributed by atoms with Gasteiger partial charge in [0.05, 0.1) is 18.4 Å². The highest BCUT2D eigenvalue weighted by molar-refractivity contribution is 9.10. The third-order valence-electron chi connectivity index (χ3n) is 6.61. The molecule has 0 unspecified atom stereocenters. The van der Waals surface area contributed by atoms with Crippen molar-refractivity contribution < 1.29 is 9.47 Å². The molecule has 0 aromatic heterocycles. The van der Waals surface area contributed by atoms with Crippen LogP contribution in [-0.4, -0.2) is 17.3 Å². The van der Waals surface area contributed by atoms with Gasteiger partial charge in [-0.05, 0) is 66.6 Å². The maximum absolute atomic E-state index is 6.50. The zero-order valence-corrected chi connectivity index (χ0v) is 22.3. The average molecular weight is 554 g/mol. The minimum absolute atomic E-state index is 0.103. The van der Waals surface area contributed by atoms with Gasteiger partial charge in [0, 0.05) is 27.0 Å². The average Bonchev–Trinajstić information content (AvgIpc) is 3.32. The molecule has 2 heterocycles. The Kier molecular flexibility index (Phi) is 7.64. The van der Waals surface area contributed by atoms with Crippen LogP contribution in [0.1, 0.15) is 74.4 Å². The van der Waals surface area contributed by atoms with Crippen molar-refractivity contribution in [3.05, 3.63) is 92.9 Å². The van der Waals surface area contributed by atoms with Crippen molar-refractivity contribution in [3.63, 3.8) is 0 Å². The second-order valence-electron chi connectivity index (χ2n) is 9.14. The molecule has 0 N–H and O–H groups in total. The zero-order valence-electron chi connectivity index (χ0n) is 19.9. The molecule has 0 saturated carbocycles. The molecule has 0 fully saturated rings. The summed E-state index contributed by atoms with van der Waals surface area (Å²) in [7, 11) is 0. The molecule has 35 heavy (non-hydrogen) atoms. The summed E-state index contributed by atoms with van der Waals surface area (Å²) in [6.07, 6.45) is 6.67. The highest BCUT2D eigenvalue weighted by Crippen LogP contribution is 2.48. The first-order chi connectivity index (χ1) is 17.1. The highest BCUT2D eigenvalue weighted by atomic mass is 79.9. The first-order valence-electron chi connectivity index (χ1n) is 12.4. The molecule has 0 amide bonds. The number of ether oxygens (including phenoxy) is 2. The Labute approximate surface area is 221 Å². The number of rotatable bonds is 9. The molecule has 0 aliphatic carbocycles. The Bertz CT molecular complexity index is 1180. The fourth-order valence-corrected chi connectivity index (χ4v) is 5.22. The minimum Gasteiger partial charge on any atom is -0.494 e. The third kappa shape index (κ3) is 5.52. The van der Waals surface area contributed by atoms with Crippen LogP contribution in [0.4, 0.5) is 0 Å². The lowest BCUT2D eigenvalue weighted by atomic mass is 9.96. The van der Waals surface area contributed by atoms with Crippen LogP contribution in [0.2, 0.25) is 5.02 Å². The summed E-state index contributed by atoms with van der Waals surface area (Å²) >= 11 is 9.74. The molecule has 5 rings (SSSR count). The van der Waals surface area contributed by atoms with Crippen LogP contribution < -0.4 is 9.47 Å². The van der Waals surface area contributed by atoms with Crippen molar-refractivity contribution in [2.24, 2.45) is 5.10 Å². The second-order valence-corrected chi connectivity index (χ2v) is 10.5. The zero-order chi connectivity index (χ0) is 24.2. The van der Waals surface area contributed by atoms with E-state index < -0.39 is 0 Å². The van der Waals surface area contributed by atoms with Crippen molar-refractivity contribution in [3.8, 4) is 11.5 Å². The summed E-state index contributed by atoms with van der Waals surface area (Å²) in [5.41, 5.74) is 4.32. The van der Waals surface area contributed by atoms with E-state index >= 15 is 0 Å². The van der Waals surface area contributed by atoms with Crippen molar-refractivity contribution in [2.75, 3.05) is 6.61 Å². The van der Waals surface area contributed by atoms with E-state index in [1.54, 1.807) is 0 Å². The number of fused-ring (bicyclic) bond motifs is 3. The van der Waals surface area contributed by atoms with Crippen molar-refractivity contribution in [1.29, 1.82) is 0 Å². The van der Waals surface area contributed by atoms with Gasteiger partial charge in [-0.1, -0.05) is 72.3 Å². The molecule has 6 heteroatoms. The number of nitrogens with zero attached hydrogens (tertiary/aromatic N) is 2. The summed E-state index contributed by atoms with van der Waals surface area (Å²) in [6.45, 7) is 2.99. The van der Waals surface area contributed by atoms with Crippen molar-refractivity contribution in [1.82, 2.24) is 5.01 Å². The van der Waals surface area contributed by atoms with Crippen LogP contribution in [0.5, 0.6) is 11.5 Å². The van der Waals surface area contributed by atoms with Crippen LogP contribution in [0.3, 0.4) is 0 Å². The van der Waals surface area contributed by atoms with Gasteiger partial charge in [-0.25, -0.2) is 5.01 Å². The van der Waals surface area contributed by atoms with Crippen LogP contribution in [-0.2, 0) is 0 Å². The highest BCUT2D eigenvalue weighted by Gasteiger charge is 2.41. The van der Waals surface area contributed by atoms with E-state index in [-0.39, 0.29) is 12.3 Å². The van der Waals surface area contributed by atoms with Gasteiger partial charge in [0.2, 0.25) is 6.23 Å². The van der Waals surface area contributed by atoms with Crippen LogP contribution in [0.15, 0.2) is 76.3 Å². The summed E-state index contributed by atoms with van der Waals surface area (Å²) in [6, 6.07) is 22.5. The number of benzene rings is 3. The Morgan fingerprint density at radius 2 is 1.77 bits per heavy atom. The van der Waals surface area contributed by atoms with Crippen molar-refractivity contribution in [2.45, 2.75) is 57.7 Å². The van der Waals surface area contributed by atoms with Crippen LogP contribution >= 0.6 is 27.5 Å². The molecule has 0 spiro atoms. The van der Waals surface area contributed by atoms with E-state index in [4.69, 9.17) is 26.2 Å². The van der Waals surface area contributed by atoms with Gasteiger partial charge in [0.1, 0.15) is 11.5 Å². The first kappa shape index (κ1) is 24.2. The predicted molar refractivity (Wildman–Crippen MR) is 145 cm³/mol. The normalized spacial score (nSPS) is 18.5. The maximum Gasteiger partial charge on any atom is 0.213 e. The number of halogens is 2. The largest absolute Gasteiger partial charge is 0.494 e. The molecular formula is C29H30BrClN2O2. The first-order valence-corrected chi connectivity index (χ1v) is 13.6. The Balaban J connectivity index is 1.36. The predicted octanol–water partition coefficient (Wildman–Crippen LogP) is 8.69. The van der Waals surface area contributed by atoms with Crippen LogP contribution in [0, 0.1) is 0 Å². The van der Waals surface area contributed by atoms with Gasteiger partial charge in [-0.15, -0.1) is 0 Å². The Hall–Kier alpha value is -2.50. The van der Waals surface area contributed by atoms with E-state index in [0.717, 1.165) is 62.8 Å². The lowest BCUT2D eigenvalue weighted by Crippen LogP contribution is -2.33. The van der Waals surface area contributed by atoms with Crippen LogP contribution in [0.25, 0.3) is 0 Å². The maximum atomic E-state index is 6.50. The summed E-state index contributed by atoms with van der Waals surface area (Å²) in [5, 5.41) is 7.86. The molecule has 3 aromatic carbocycles. The summed E-state index contributed by atoms with van der Waals surface area (Å²) in [4.78, 5) is 0. The monoisotopic (exact) mass is 552 g/mol. The Morgan fingerprint density at radius 1 is 1.00 bits per heavy atom. The summed E-state index contributed by atoms with van der Waals surface area (Å²) < 4.78 is 13.5. The van der Waals surface area contributed by atoms with E-state index in [1.165, 1.54) is 25.7 Å². The molecule has 4 nitrogen and oxygen atoms in total. The van der Waals surface area contributed by atoms with Crippen molar-refractivity contribution >= 4 is 33.2 Å². The van der Waals surface area contributed by atoms with Gasteiger partial charge in [-0.3, -0.25) is 0 Å². The lowest BCUT2D eigenvalue weighted by molar-refractivity contribution is -0.0191. The molecule has 182 valence electrons. The van der Waals surface area contributed by atoms with E-state index in [9.17, 15) is 0 Å². The standard InChI is InChI=1S/C29H30BrClN2O2/c1-2-3-4-5-6-17-34-24-14-9-21(10-15-24)29-33-27(25-18-22(30)11-16-28(25)35-29)19-26(32-33)20-7-12-23(31)13-8-20/h7-16,18,27,29H,2-6,17,19H2,1H3/t27-,29-/m0/s1. The summed E-state index contributed by atoms with van der Waals surface area (Å²) in [5.74, 6) is 1.80. The quantitative estimate of drug-likeness (QED) is 0.249. The van der Waals surface area contributed by atoms with Gasteiger partial charge in [-0.2, -0.15) is 5.10 Å². The van der Waals surface area contributed by atoms with Gasteiger partial charge >= 0.3 is 0 Å². The molecular weight excluding hydrogens is 524 g/mol.